The Bertz CT molecular complexity index is 1130. The van der Waals surface area contributed by atoms with Gasteiger partial charge in [0.1, 0.15) is 0 Å². The average molecular weight is 388 g/mol. The topological polar surface area (TPSA) is 69.6 Å². The van der Waals surface area contributed by atoms with E-state index in [-0.39, 0.29) is 0 Å². The lowest BCUT2D eigenvalue weighted by Gasteiger charge is -2.24. The fourth-order valence-electron chi connectivity index (χ4n) is 3.04. The van der Waals surface area contributed by atoms with Crippen LogP contribution < -0.4 is 19.1 Å². The average Bonchev–Trinajstić information content (AvgIpc) is 2.79. The number of hydrogen-bond donors (Lipinski definition) is 0. The molecule has 0 N–H and O–H groups in total. The Kier molecular flexibility index (Phi) is 5.11. The fraction of sp³-hybridized carbons (Fsp3) is 0.136. The Labute approximate surface area is 168 Å². The maximum Gasteiger partial charge on any atom is 0.235 e. The summed E-state index contributed by atoms with van der Waals surface area (Å²) in [6.07, 6.45) is 3.52. The van der Waals surface area contributed by atoms with Gasteiger partial charge in [-0.1, -0.05) is 18.2 Å². The van der Waals surface area contributed by atoms with Gasteiger partial charge in [-0.25, -0.2) is 15.0 Å². The Morgan fingerprint density at radius 2 is 1.52 bits per heavy atom. The first-order valence-corrected chi connectivity index (χ1v) is 8.97. The van der Waals surface area contributed by atoms with Crippen LogP contribution in [0.5, 0.6) is 17.4 Å². The predicted molar refractivity (Wildman–Crippen MR) is 112 cm³/mol. The molecular weight excluding hydrogens is 368 g/mol. The number of anilines is 3. The molecule has 2 aromatic carbocycles. The number of fused-ring (bicyclic) bond motifs is 1. The molecule has 0 amide bonds. The van der Waals surface area contributed by atoms with E-state index >= 15 is 0 Å². The second-order valence-corrected chi connectivity index (χ2v) is 6.16. The van der Waals surface area contributed by atoms with Gasteiger partial charge < -0.3 is 14.2 Å². The summed E-state index contributed by atoms with van der Waals surface area (Å²) in [5.41, 5.74) is 2.45. The van der Waals surface area contributed by atoms with Crippen LogP contribution in [-0.4, -0.2) is 36.3 Å². The molecule has 0 saturated heterocycles. The van der Waals surface area contributed by atoms with Gasteiger partial charge in [0.15, 0.2) is 11.5 Å². The monoisotopic (exact) mass is 388 g/mol. The first-order chi connectivity index (χ1) is 14.2. The molecule has 0 saturated carbocycles. The van der Waals surface area contributed by atoms with Crippen molar-refractivity contribution in [2.24, 2.45) is 0 Å². The third kappa shape index (κ3) is 3.62. The van der Waals surface area contributed by atoms with Gasteiger partial charge in [0.2, 0.25) is 11.8 Å². The van der Waals surface area contributed by atoms with Crippen LogP contribution in [0.4, 0.5) is 17.3 Å². The number of benzene rings is 2. The molecule has 2 heterocycles. The number of hydrogen-bond acceptors (Lipinski definition) is 7. The van der Waals surface area contributed by atoms with Crippen molar-refractivity contribution in [2.45, 2.75) is 0 Å². The molecule has 0 bridgehead atoms. The van der Waals surface area contributed by atoms with Crippen molar-refractivity contribution in [3.05, 3.63) is 67.0 Å². The molecule has 0 fully saturated rings. The Balaban J connectivity index is 1.88. The number of nitrogens with zero attached hydrogens (tertiary/aromatic N) is 4. The molecule has 29 heavy (non-hydrogen) atoms. The standard InChI is InChI=1S/C22H20N4O3/c1-27-19-10-8-16(12-20(19)28-2)26(17-9-11-21(29-3)23-14-17)22-24-13-15-6-4-5-7-18(15)25-22/h4-14H,1-3H3. The van der Waals surface area contributed by atoms with Crippen molar-refractivity contribution in [1.29, 1.82) is 0 Å². The number of rotatable bonds is 6. The number of aromatic nitrogens is 3. The largest absolute Gasteiger partial charge is 0.493 e. The van der Waals surface area contributed by atoms with E-state index in [9.17, 15) is 0 Å². The zero-order chi connectivity index (χ0) is 20.2. The Morgan fingerprint density at radius 1 is 0.724 bits per heavy atom. The highest BCUT2D eigenvalue weighted by Crippen LogP contribution is 2.38. The molecule has 4 aromatic rings. The highest BCUT2D eigenvalue weighted by atomic mass is 16.5. The molecule has 0 unspecified atom stereocenters. The van der Waals surface area contributed by atoms with E-state index in [1.54, 1.807) is 33.6 Å². The van der Waals surface area contributed by atoms with Gasteiger partial charge in [-0.2, -0.15) is 0 Å². The summed E-state index contributed by atoms with van der Waals surface area (Å²) in [7, 11) is 4.79. The van der Waals surface area contributed by atoms with E-state index in [0.29, 0.717) is 23.3 Å². The maximum absolute atomic E-state index is 5.48. The summed E-state index contributed by atoms with van der Waals surface area (Å²) in [6.45, 7) is 0. The van der Waals surface area contributed by atoms with Crippen LogP contribution in [0.2, 0.25) is 0 Å². The van der Waals surface area contributed by atoms with Crippen molar-refractivity contribution in [1.82, 2.24) is 15.0 Å². The quantitative estimate of drug-likeness (QED) is 0.481. The van der Waals surface area contributed by atoms with E-state index in [2.05, 4.69) is 9.97 Å². The van der Waals surface area contributed by atoms with Crippen LogP contribution in [-0.2, 0) is 0 Å². The maximum atomic E-state index is 5.48. The van der Waals surface area contributed by atoms with Crippen molar-refractivity contribution in [2.75, 3.05) is 26.2 Å². The molecular formula is C22H20N4O3. The van der Waals surface area contributed by atoms with Crippen LogP contribution in [0.15, 0.2) is 67.0 Å². The van der Waals surface area contributed by atoms with Gasteiger partial charge in [-0.3, -0.25) is 4.90 Å². The summed E-state index contributed by atoms with van der Waals surface area (Å²) >= 11 is 0. The van der Waals surface area contributed by atoms with Gasteiger partial charge in [0, 0.05) is 23.7 Å². The molecule has 7 heteroatoms. The van der Waals surface area contributed by atoms with Gasteiger partial charge in [-0.05, 0) is 24.3 Å². The molecule has 4 rings (SSSR count). The van der Waals surface area contributed by atoms with Crippen LogP contribution >= 0.6 is 0 Å². The molecule has 0 aliphatic carbocycles. The lowest BCUT2D eigenvalue weighted by molar-refractivity contribution is 0.355. The van der Waals surface area contributed by atoms with Crippen LogP contribution in [0.1, 0.15) is 0 Å². The van der Waals surface area contributed by atoms with Crippen LogP contribution in [0.3, 0.4) is 0 Å². The molecule has 2 aromatic heterocycles. The summed E-state index contributed by atoms with van der Waals surface area (Å²) in [4.78, 5) is 15.6. The fourth-order valence-corrected chi connectivity index (χ4v) is 3.04. The van der Waals surface area contributed by atoms with Crippen LogP contribution in [0.25, 0.3) is 10.9 Å². The predicted octanol–water partition coefficient (Wildman–Crippen LogP) is 4.52. The second-order valence-electron chi connectivity index (χ2n) is 6.16. The Morgan fingerprint density at radius 3 is 2.24 bits per heavy atom. The first kappa shape index (κ1) is 18.5. The van der Waals surface area contributed by atoms with Gasteiger partial charge >= 0.3 is 0 Å². The molecule has 0 spiro atoms. The lowest BCUT2D eigenvalue weighted by Crippen LogP contribution is -2.14. The third-order valence-electron chi connectivity index (χ3n) is 4.49. The Hall–Kier alpha value is -3.87. The molecule has 7 nitrogen and oxygen atoms in total. The molecule has 0 aliphatic heterocycles. The van der Waals surface area contributed by atoms with E-state index in [1.165, 1.54) is 0 Å². The van der Waals surface area contributed by atoms with Crippen molar-refractivity contribution < 1.29 is 14.2 Å². The second kappa shape index (κ2) is 8.02. The van der Waals surface area contributed by atoms with Crippen LogP contribution in [0, 0.1) is 0 Å². The SMILES string of the molecule is COc1ccc(N(c2ccc(OC)c(OC)c2)c2ncc3ccccc3n2)cn1. The summed E-state index contributed by atoms with van der Waals surface area (Å²) in [5, 5.41) is 0.969. The molecule has 0 atom stereocenters. The number of para-hydroxylation sites is 1. The zero-order valence-electron chi connectivity index (χ0n) is 16.4. The number of pyridine rings is 1. The van der Waals surface area contributed by atoms with Crippen molar-refractivity contribution in [3.63, 3.8) is 0 Å². The van der Waals surface area contributed by atoms with Gasteiger partial charge in [0.05, 0.1) is 44.4 Å². The van der Waals surface area contributed by atoms with Gasteiger partial charge in [0.25, 0.3) is 0 Å². The minimum Gasteiger partial charge on any atom is -0.493 e. The third-order valence-corrected chi connectivity index (χ3v) is 4.49. The smallest absolute Gasteiger partial charge is 0.235 e. The minimum atomic E-state index is 0.517. The zero-order valence-corrected chi connectivity index (χ0v) is 16.4. The molecule has 146 valence electrons. The summed E-state index contributed by atoms with van der Waals surface area (Å²) < 4.78 is 16.0. The van der Waals surface area contributed by atoms with Crippen molar-refractivity contribution in [3.8, 4) is 17.4 Å². The first-order valence-electron chi connectivity index (χ1n) is 8.97. The number of ether oxygens (including phenoxy) is 3. The molecule has 0 radical (unpaired) electrons. The van der Waals surface area contributed by atoms with E-state index in [0.717, 1.165) is 22.3 Å². The highest BCUT2D eigenvalue weighted by Gasteiger charge is 2.18. The van der Waals surface area contributed by atoms with E-state index in [4.69, 9.17) is 19.2 Å². The highest BCUT2D eigenvalue weighted by molar-refractivity contribution is 5.81. The molecule has 0 aliphatic rings. The normalized spacial score (nSPS) is 10.6. The lowest BCUT2D eigenvalue weighted by atomic mass is 10.2. The van der Waals surface area contributed by atoms with E-state index < -0.39 is 0 Å². The minimum absolute atomic E-state index is 0.517. The van der Waals surface area contributed by atoms with Gasteiger partial charge in [-0.15, -0.1) is 0 Å². The summed E-state index contributed by atoms with van der Waals surface area (Å²) in [6, 6.07) is 17.2. The summed E-state index contributed by atoms with van der Waals surface area (Å²) in [5.74, 6) is 2.30. The van der Waals surface area contributed by atoms with Crippen molar-refractivity contribution >= 4 is 28.2 Å². The van der Waals surface area contributed by atoms with E-state index in [1.807, 2.05) is 59.6 Å². The number of methoxy groups -OCH3 is 3.